The highest BCUT2D eigenvalue weighted by Crippen LogP contribution is 2.21. The average molecular weight is 564 g/mol. The summed E-state index contributed by atoms with van der Waals surface area (Å²) in [5.41, 5.74) is 1.20. The minimum absolute atomic E-state index is 0. The van der Waals surface area contributed by atoms with E-state index in [-0.39, 0.29) is 35.9 Å². The van der Waals surface area contributed by atoms with Crippen LogP contribution >= 0.6 is 35.3 Å². The van der Waals surface area contributed by atoms with Crippen LogP contribution in [0.4, 0.5) is 0 Å². The smallest absolute Gasteiger partial charge is 0.310 e. The molecular formula is C22H38IN5O2S. The van der Waals surface area contributed by atoms with Gasteiger partial charge in [-0.1, -0.05) is 0 Å². The van der Waals surface area contributed by atoms with Crippen LogP contribution in [0, 0.1) is 18.8 Å². The Morgan fingerprint density at radius 2 is 2.06 bits per heavy atom. The molecule has 1 aromatic heterocycles. The Morgan fingerprint density at radius 1 is 1.29 bits per heavy atom. The van der Waals surface area contributed by atoms with E-state index in [1.807, 2.05) is 6.92 Å². The average Bonchev–Trinajstić information content (AvgIpc) is 3.17. The maximum absolute atomic E-state index is 12.2. The van der Waals surface area contributed by atoms with Gasteiger partial charge in [-0.25, -0.2) is 4.98 Å². The second-order valence-electron chi connectivity index (χ2n) is 8.31. The van der Waals surface area contributed by atoms with E-state index >= 15 is 0 Å². The fourth-order valence-electron chi connectivity index (χ4n) is 4.30. The van der Waals surface area contributed by atoms with Crippen molar-refractivity contribution in [3.8, 4) is 0 Å². The highest BCUT2D eigenvalue weighted by atomic mass is 127. The minimum atomic E-state index is -0.0688. The molecule has 1 N–H and O–H groups in total. The van der Waals surface area contributed by atoms with E-state index in [1.165, 1.54) is 18.5 Å². The molecule has 0 bridgehead atoms. The molecular weight excluding hydrogens is 525 g/mol. The lowest BCUT2D eigenvalue weighted by Crippen LogP contribution is -2.48. The van der Waals surface area contributed by atoms with Gasteiger partial charge in [-0.05, 0) is 65.5 Å². The Labute approximate surface area is 208 Å². The number of aliphatic imine (C=N–C) groups is 1. The summed E-state index contributed by atoms with van der Waals surface area (Å²) in [5.74, 6) is 1.46. The molecule has 9 heteroatoms. The number of likely N-dealkylation sites (tertiary alicyclic amines) is 2. The summed E-state index contributed by atoms with van der Waals surface area (Å²) in [7, 11) is 0. The molecule has 2 aliphatic rings. The first kappa shape index (κ1) is 26.3. The van der Waals surface area contributed by atoms with Crippen molar-refractivity contribution in [2.45, 2.75) is 53.0 Å². The van der Waals surface area contributed by atoms with Crippen LogP contribution in [0.3, 0.4) is 0 Å². The van der Waals surface area contributed by atoms with Crippen molar-refractivity contribution in [1.29, 1.82) is 0 Å². The van der Waals surface area contributed by atoms with E-state index in [4.69, 9.17) is 9.73 Å². The summed E-state index contributed by atoms with van der Waals surface area (Å²) in [6.45, 7) is 13.0. The summed E-state index contributed by atoms with van der Waals surface area (Å²) in [6, 6.07) is 0. The Balaban J connectivity index is 0.00000341. The van der Waals surface area contributed by atoms with Gasteiger partial charge in [-0.15, -0.1) is 35.3 Å². The van der Waals surface area contributed by atoms with Crippen molar-refractivity contribution < 1.29 is 9.53 Å². The second kappa shape index (κ2) is 13.6. The van der Waals surface area contributed by atoms with E-state index in [0.29, 0.717) is 19.1 Å². The minimum Gasteiger partial charge on any atom is -0.466 e. The normalized spacial score (nSPS) is 20.9. The van der Waals surface area contributed by atoms with Crippen LogP contribution in [0.2, 0.25) is 0 Å². The summed E-state index contributed by atoms with van der Waals surface area (Å²) < 4.78 is 5.24. The molecule has 1 atom stereocenters. The Kier molecular flexibility index (Phi) is 11.5. The van der Waals surface area contributed by atoms with E-state index in [9.17, 15) is 4.79 Å². The number of hydrogen-bond donors (Lipinski definition) is 1. The first-order valence-electron chi connectivity index (χ1n) is 11.4. The van der Waals surface area contributed by atoms with Crippen LogP contribution in [0.25, 0.3) is 0 Å². The third kappa shape index (κ3) is 8.16. The van der Waals surface area contributed by atoms with Gasteiger partial charge in [0.1, 0.15) is 0 Å². The molecule has 0 spiro atoms. The van der Waals surface area contributed by atoms with E-state index in [1.54, 1.807) is 11.3 Å². The third-order valence-electron chi connectivity index (χ3n) is 5.93. The number of aryl methyl sites for hydroxylation is 1. The van der Waals surface area contributed by atoms with Crippen molar-refractivity contribution in [2.24, 2.45) is 16.8 Å². The van der Waals surface area contributed by atoms with Gasteiger partial charge >= 0.3 is 5.97 Å². The van der Waals surface area contributed by atoms with Gasteiger partial charge in [-0.2, -0.15) is 0 Å². The number of thiazole rings is 1. The molecule has 3 rings (SSSR count). The standard InChI is InChI=1S/C22H37N5O2S.HI/c1-4-23-22(27-10-6-7-19(14-27)21(28)29-5-2)24-13-18-8-11-26(12-9-18)15-20-16-30-17(3)25-20;/h16,18-19H,4-15H2,1-3H3,(H,23,24);1H/t19-;/m0./s1. The van der Waals surface area contributed by atoms with Gasteiger partial charge in [0.2, 0.25) is 0 Å². The van der Waals surface area contributed by atoms with Crippen molar-refractivity contribution in [2.75, 3.05) is 45.9 Å². The molecule has 0 saturated carbocycles. The predicted octanol–water partition coefficient (Wildman–Crippen LogP) is 3.52. The van der Waals surface area contributed by atoms with E-state index < -0.39 is 0 Å². The Hall–Kier alpha value is -0.940. The molecule has 3 heterocycles. The number of guanidine groups is 1. The molecule has 2 saturated heterocycles. The quantitative estimate of drug-likeness (QED) is 0.237. The topological polar surface area (TPSA) is 70.1 Å². The van der Waals surface area contributed by atoms with Gasteiger partial charge in [0.15, 0.2) is 5.96 Å². The fraction of sp³-hybridized carbons (Fsp3) is 0.773. The Morgan fingerprint density at radius 3 is 2.71 bits per heavy atom. The summed E-state index contributed by atoms with van der Waals surface area (Å²) in [6.07, 6.45) is 4.27. The molecule has 0 unspecified atom stereocenters. The molecule has 0 aliphatic carbocycles. The number of rotatable bonds is 7. The highest BCUT2D eigenvalue weighted by molar-refractivity contribution is 14.0. The van der Waals surface area contributed by atoms with Gasteiger partial charge in [-0.3, -0.25) is 14.7 Å². The van der Waals surface area contributed by atoms with Crippen molar-refractivity contribution in [3.05, 3.63) is 16.1 Å². The van der Waals surface area contributed by atoms with Crippen LogP contribution in [-0.4, -0.2) is 72.6 Å². The second-order valence-corrected chi connectivity index (χ2v) is 9.37. The van der Waals surface area contributed by atoms with Crippen LogP contribution in [-0.2, 0) is 16.1 Å². The maximum atomic E-state index is 12.2. The summed E-state index contributed by atoms with van der Waals surface area (Å²) in [4.78, 5) is 26.5. The zero-order valence-corrected chi connectivity index (χ0v) is 22.3. The van der Waals surface area contributed by atoms with E-state index in [2.05, 4.69) is 39.3 Å². The zero-order chi connectivity index (χ0) is 21.3. The molecule has 2 aliphatic heterocycles. The van der Waals surface area contributed by atoms with Crippen LogP contribution in [0.1, 0.15) is 50.2 Å². The number of halogens is 1. The molecule has 7 nitrogen and oxygen atoms in total. The lowest BCUT2D eigenvalue weighted by molar-refractivity contribution is -0.149. The SMILES string of the molecule is CCNC(=NCC1CCN(Cc2csc(C)n2)CC1)N1CCC[C@H](C(=O)OCC)C1.I. The maximum Gasteiger partial charge on any atom is 0.310 e. The van der Waals surface area contributed by atoms with Crippen LogP contribution in [0.5, 0.6) is 0 Å². The number of carbonyl (C=O) groups excluding carboxylic acids is 1. The van der Waals surface area contributed by atoms with Gasteiger partial charge < -0.3 is 15.0 Å². The largest absolute Gasteiger partial charge is 0.466 e. The molecule has 0 amide bonds. The Bertz CT molecular complexity index is 706. The number of nitrogens with zero attached hydrogens (tertiary/aromatic N) is 4. The monoisotopic (exact) mass is 563 g/mol. The number of aromatic nitrogens is 1. The summed E-state index contributed by atoms with van der Waals surface area (Å²) >= 11 is 1.73. The van der Waals surface area contributed by atoms with Gasteiger partial charge in [0, 0.05) is 38.1 Å². The number of esters is 1. The van der Waals surface area contributed by atoms with Gasteiger partial charge in [0.25, 0.3) is 0 Å². The van der Waals surface area contributed by atoms with Crippen molar-refractivity contribution in [3.63, 3.8) is 0 Å². The zero-order valence-electron chi connectivity index (χ0n) is 19.1. The number of carbonyl (C=O) groups is 1. The van der Waals surface area contributed by atoms with Crippen LogP contribution < -0.4 is 5.32 Å². The number of ether oxygens (including phenoxy) is 1. The summed E-state index contributed by atoms with van der Waals surface area (Å²) in [5, 5.41) is 6.76. The van der Waals surface area contributed by atoms with Crippen molar-refractivity contribution >= 4 is 47.2 Å². The lowest BCUT2D eigenvalue weighted by Gasteiger charge is -2.34. The first-order chi connectivity index (χ1) is 14.6. The number of hydrogen-bond acceptors (Lipinski definition) is 6. The first-order valence-corrected chi connectivity index (χ1v) is 12.3. The van der Waals surface area contributed by atoms with Crippen LogP contribution in [0.15, 0.2) is 10.4 Å². The van der Waals surface area contributed by atoms with Gasteiger partial charge in [0.05, 0.1) is 23.2 Å². The van der Waals surface area contributed by atoms with E-state index in [0.717, 1.165) is 63.1 Å². The predicted molar refractivity (Wildman–Crippen MR) is 137 cm³/mol. The number of nitrogens with one attached hydrogen (secondary N) is 1. The number of piperidine rings is 2. The molecule has 176 valence electrons. The highest BCUT2D eigenvalue weighted by Gasteiger charge is 2.28. The van der Waals surface area contributed by atoms with Crippen molar-refractivity contribution in [1.82, 2.24) is 20.1 Å². The molecule has 1 aromatic rings. The fourth-order valence-corrected chi connectivity index (χ4v) is 4.90. The molecule has 2 fully saturated rings. The third-order valence-corrected chi connectivity index (χ3v) is 6.76. The molecule has 0 aromatic carbocycles. The molecule has 0 radical (unpaired) electrons. The molecule has 31 heavy (non-hydrogen) atoms. The lowest BCUT2D eigenvalue weighted by atomic mass is 9.97.